The molecule has 0 radical (unpaired) electrons. The predicted octanol–water partition coefficient (Wildman–Crippen LogP) is 4.37. The first-order valence-corrected chi connectivity index (χ1v) is 11.9. The van der Waals surface area contributed by atoms with Crippen molar-refractivity contribution in [2.24, 2.45) is 0 Å². The van der Waals surface area contributed by atoms with Gasteiger partial charge in [0.25, 0.3) is 0 Å². The summed E-state index contributed by atoms with van der Waals surface area (Å²) in [5, 5.41) is 3.41. The van der Waals surface area contributed by atoms with Crippen molar-refractivity contribution in [3.63, 3.8) is 0 Å². The van der Waals surface area contributed by atoms with Crippen LogP contribution in [-0.4, -0.2) is 49.6 Å². The second kappa shape index (κ2) is 11.4. The molecule has 2 aliphatic rings. The van der Waals surface area contributed by atoms with Gasteiger partial charge in [0.2, 0.25) is 5.91 Å². The average Bonchev–Trinajstić information content (AvgIpc) is 3.19. The van der Waals surface area contributed by atoms with Crippen LogP contribution in [0, 0.1) is 5.82 Å². The number of halogens is 1. The molecule has 0 aromatic heterocycles. The number of carbonyl (C=O) groups is 1. The van der Waals surface area contributed by atoms with E-state index < -0.39 is 0 Å². The molecule has 2 aromatic carbocycles. The van der Waals surface area contributed by atoms with Gasteiger partial charge in [0.15, 0.2) is 0 Å². The van der Waals surface area contributed by atoms with E-state index in [1.54, 1.807) is 12.1 Å². The minimum absolute atomic E-state index is 0.124. The number of nitrogens with one attached hydrogen (secondary N) is 1. The van der Waals surface area contributed by atoms with Crippen LogP contribution >= 0.6 is 0 Å². The first kappa shape index (κ1) is 22.7. The fourth-order valence-electron chi connectivity index (χ4n) is 4.64. The van der Waals surface area contributed by atoms with Crippen molar-refractivity contribution < 1.29 is 13.9 Å². The third-order valence-corrected chi connectivity index (χ3v) is 6.40. The molecule has 0 spiro atoms. The molecular weight excluding hydrogens is 405 g/mol. The van der Waals surface area contributed by atoms with E-state index >= 15 is 0 Å². The van der Waals surface area contributed by atoms with E-state index in [2.05, 4.69) is 10.2 Å². The van der Waals surface area contributed by atoms with E-state index in [0.717, 1.165) is 36.4 Å². The molecule has 0 unspecified atom stereocenters. The van der Waals surface area contributed by atoms with Crippen molar-refractivity contribution in [3.05, 3.63) is 59.9 Å². The van der Waals surface area contributed by atoms with Crippen LogP contribution in [0.3, 0.4) is 0 Å². The van der Waals surface area contributed by atoms with Gasteiger partial charge < -0.3 is 19.9 Å². The lowest BCUT2D eigenvalue weighted by molar-refractivity contribution is -0.117. The Labute approximate surface area is 190 Å². The van der Waals surface area contributed by atoms with Crippen LogP contribution in [0.1, 0.15) is 44.1 Å². The first-order chi connectivity index (χ1) is 15.7. The quantitative estimate of drug-likeness (QED) is 0.559. The maximum Gasteiger partial charge on any atom is 0.227 e. The highest BCUT2D eigenvalue weighted by Crippen LogP contribution is 2.28. The Kier molecular flexibility index (Phi) is 8.13. The maximum absolute atomic E-state index is 13.1. The van der Waals surface area contributed by atoms with E-state index in [1.165, 1.54) is 44.5 Å². The summed E-state index contributed by atoms with van der Waals surface area (Å²) in [4.78, 5) is 17.0. The molecular formula is C26H34FN3O2. The van der Waals surface area contributed by atoms with E-state index in [0.29, 0.717) is 26.1 Å². The standard InChI is InChI=1S/C26H34FN3O2/c27-22-7-5-21(6-8-22)19-28-20-24-11-14-26(31)30(24)23-9-12-25(13-10-23)32-18-4-17-29-15-2-1-3-16-29/h5-10,12-13,24,28H,1-4,11,14-20H2/t24-/m0/s1. The second-order valence-electron chi connectivity index (χ2n) is 8.81. The molecule has 2 saturated heterocycles. The molecule has 2 fully saturated rings. The molecule has 5 nitrogen and oxygen atoms in total. The van der Waals surface area contributed by atoms with Gasteiger partial charge in [-0.15, -0.1) is 0 Å². The molecule has 0 aliphatic carbocycles. The molecule has 1 N–H and O–H groups in total. The maximum atomic E-state index is 13.1. The van der Waals surface area contributed by atoms with Gasteiger partial charge in [-0.1, -0.05) is 18.6 Å². The highest BCUT2D eigenvalue weighted by atomic mass is 19.1. The molecule has 1 amide bonds. The van der Waals surface area contributed by atoms with Gasteiger partial charge in [-0.2, -0.15) is 0 Å². The Morgan fingerprint density at radius 1 is 1.00 bits per heavy atom. The molecule has 0 saturated carbocycles. The summed E-state index contributed by atoms with van der Waals surface area (Å²) in [5.74, 6) is 0.787. The summed E-state index contributed by atoms with van der Waals surface area (Å²) in [6, 6.07) is 14.5. The fourth-order valence-corrected chi connectivity index (χ4v) is 4.64. The zero-order chi connectivity index (χ0) is 22.2. The number of carbonyl (C=O) groups excluding carboxylic acids is 1. The Bertz CT molecular complexity index is 850. The number of hydrogen-bond acceptors (Lipinski definition) is 4. The molecule has 2 heterocycles. The van der Waals surface area contributed by atoms with Gasteiger partial charge >= 0.3 is 0 Å². The SMILES string of the molecule is O=C1CC[C@@H](CNCc2ccc(F)cc2)N1c1ccc(OCCCN2CCCCC2)cc1. The monoisotopic (exact) mass is 439 g/mol. The third kappa shape index (κ3) is 6.30. The van der Waals surface area contributed by atoms with E-state index in [-0.39, 0.29) is 17.8 Å². The van der Waals surface area contributed by atoms with Crippen LogP contribution in [0.5, 0.6) is 5.75 Å². The number of piperidine rings is 1. The lowest BCUT2D eigenvalue weighted by Gasteiger charge is -2.26. The first-order valence-electron chi connectivity index (χ1n) is 11.9. The van der Waals surface area contributed by atoms with Crippen LogP contribution in [-0.2, 0) is 11.3 Å². The molecule has 2 aromatic rings. The number of benzene rings is 2. The van der Waals surface area contributed by atoms with E-state index in [9.17, 15) is 9.18 Å². The Morgan fingerprint density at radius 3 is 2.50 bits per heavy atom. The minimum Gasteiger partial charge on any atom is -0.494 e. The van der Waals surface area contributed by atoms with Crippen molar-refractivity contribution in [1.29, 1.82) is 0 Å². The van der Waals surface area contributed by atoms with Crippen molar-refractivity contribution in [1.82, 2.24) is 10.2 Å². The van der Waals surface area contributed by atoms with E-state index in [4.69, 9.17) is 4.74 Å². The number of nitrogens with zero attached hydrogens (tertiary/aromatic N) is 2. The van der Waals surface area contributed by atoms with Crippen LogP contribution < -0.4 is 15.0 Å². The highest BCUT2D eigenvalue weighted by molar-refractivity contribution is 5.96. The molecule has 1 atom stereocenters. The number of rotatable bonds is 10. The smallest absolute Gasteiger partial charge is 0.227 e. The molecule has 6 heteroatoms. The second-order valence-corrected chi connectivity index (χ2v) is 8.81. The number of anilines is 1. The Balaban J connectivity index is 1.23. The number of likely N-dealkylation sites (tertiary alicyclic amines) is 1. The van der Waals surface area contributed by atoms with E-state index in [1.807, 2.05) is 29.2 Å². The zero-order valence-electron chi connectivity index (χ0n) is 18.8. The molecule has 2 aliphatic heterocycles. The number of hydrogen-bond donors (Lipinski definition) is 1. The van der Waals surface area contributed by atoms with Crippen LogP contribution in [0.4, 0.5) is 10.1 Å². The van der Waals surface area contributed by atoms with Crippen LogP contribution in [0.15, 0.2) is 48.5 Å². The Hall–Kier alpha value is -2.44. The lowest BCUT2D eigenvalue weighted by Crippen LogP contribution is -2.40. The predicted molar refractivity (Wildman–Crippen MR) is 125 cm³/mol. The molecule has 32 heavy (non-hydrogen) atoms. The average molecular weight is 440 g/mol. The molecule has 4 rings (SSSR count). The normalized spacial score (nSPS) is 19.5. The zero-order valence-corrected chi connectivity index (χ0v) is 18.8. The van der Waals surface area contributed by atoms with Crippen molar-refractivity contribution in [3.8, 4) is 5.75 Å². The largest absolute Gasteiger partial charge is 0.494 e. The van der Waals surface area contributed by atoms with Gasteiger partial charge in [-0.25, -0.2) is 4.39 Å². The summed E-state index contributed by atoms with van der Waals surface area (Å²) in [7, 11) is 0. The van der Waals surface area contributed by atoms with Crippen molar-refractivity contribution >= 4 is 11.6 Å². The van der Waals surface area contributed by atoms with Crippen LogP contribution in [0.25, 0.3) is 0 Å². The fraction of sp³-hybridized carbons (Fsp3) is 0.500. The van der Waals surface area contributed by atoms with Gasteiger partial charge in [0, 0.05) is 37.8 Å². The topological polar surface area (TPSA) is 44.8 Å². The summed E-state index contributed by atoms with van der Waals surface area (Å²) >= 11 is 0. The molecule has 172 valence electrons. The van der Waals surface area contributed by atoms with Crippen molar-refractivity contribution in [2.45, 2.75) is 51.1 Å². The summed E-state index contributed by atoms with van der Waals surface area (Å²) in [5.41, 5.74) is 1.95. The summed E-state index contributed by atoms with van der Waals surface area (Å²) in [6.45, 7) is 5.62. The van der Waals surface area contributed by atoms with Gasteiger partial charge in [-0.05, 0) is 80.7 Å². The molecule has 0 bridgehead atoms. The van der Waals surface area contributed by atoms with Gasteiger partial charge in [-0.3, -0.25) is 4.79 Å². The summed E-state index contributed by atoms with van der Waals surface area (Å²) < 4.78 is 19.0. The van der Waals surface area contributed by atoms with Gasteiger partial charge in [0.1, 0.15) is 11.6 Å². The Morgan fingerprint density at radius 2 is 1.75 bits per heavy atom. The highest BCUT2D eigenvalue weighted by Gasteiger charge is 2.31. The lowest BCUT2D eigenvalue weighted by atomic mass is 10.1. The minimum atomic E-state index is -0.226. The summed E-state index contributed by atoms with van der Waals surface area (Å²) in [6.07, 6.45) is 6.44. The van der Waals surface area contributed by atoms with Crippen LogP contribution in [0.2, 0.25) is 0 Å². The number of ether oxygens (including phenoxy) is 1. The number of amides is 1. The third-order valence-electron chi connectivity index (χ3n) is 6.40. The van der Waals surface area contributed by atoms with Crippen molar-refractivity contribution in [2.75, 3.05) is 37.7 Å². The van der Waals surface area contributed by atoms with Gasteiger partial charge in [0.05, 0.1) is 6.61 Å².